The normalized spacial score (nSPS) is 15.3. The first kappa shape index (κ1) is 13.6. The first-order valence-electron chi connectivity index (χ1n) is 6.59. The van der Waals surface area contributed by atoms with Crippen molar-refractivity contribution in [3.8, 4) is 5.75 Å². The Labute approximate surface area is 126 Å². The Morgan fingerprint density at radius 3 is 2.90 bits per heavy atom. The summed E-state index contributed by atoms with van der Waals surface area (Å²) >= 11 is 3.23. The third kappa shape index (κ3) is 3.02. The standard InChI is InChI=1S/C16H15BrFNO/c17-14-9-12(5-6-15(14)18)10-19-7-8-20-16-4-2-1-3-13(16)11-19/h1-6,9H,7-8,10-11H2. The largest absolute Gasteiger partial charge is 0.492 e. The number of halogens is 2. The average Bonchev–Trinajstić information content (AvgIpc) is 2.64. The second kappa shape index (κ2) is 5.94. The van der Waals surface area contributed by atoms with Gasteiger partial charge in [-0.05, 0) is 39.7 Å². The van der Waals surface area contributed by atoms with Crippen LogP contribution in [0, 0.1) is 5.82 Å². The molecule has 0 saturated heterocycles. The zero-order valence-corrected chi connectivity index (χ0v) is 12.6. The van der Waals surface area contributed by atoms with E-state index in [0.717, 1.165) is 30.9 Å². The SMILES string of the molecule is Fc1ccc(CN2CCOc3ccccc3C2)cc1Br. The maximum absolute atomic E-state index is 13.3. The smallest absolute Gasteiger partial charge is 0.137 e. The Morgan fingerprint density at radius 1 is 1.20 bits per heavy atom. The molecule has 20 heavy (non-hydrogen) atoms. The lowest BCUT2D eigenvalue weighted by atomic mass is 10.1. The molecule has 1 heterocycles. The van der Waals surface area contributed by atoms with E-state index < -0.39 is 0 Å². The highest BCUT2D eigenvalue weighted by molar-refractivity contribution is 9.10. The minimum Gasteiger partial charge on any atom is -0.492 e. The molecular weight excluding hydrogens is 321 g/mol. The van der Waals surface area contributed by atoms with Gasteiger partial charge in [0.15, 0.2) is 0 Å². The van der Waals surface area contributed by atoms with Gasteiger partial charge < -0.3 is 4.74 Å². The monoisotopic (exact) mass is 335 g/mol. The summed E-state index contributed by atoms with van der Waals surface area (Å²) in [5.74, 6) is 0.744. The van der Waals surface area contributed by atoms with Gasteiger partial charge in [-0.2, -0.15) is 0 Å². The topological polar surface area (TPSA) is 12.5 Å². The predicted molar refractivity (Wildman–Crippen MR) is 80.2 cm³/mol. The number of ether oxygens (including phenoxy) is 1. The molecule has 0 fully saturated rings. The molecule has 4 heteroatoms. The van der Waals surface area contributed by atoms with Crippen LogP contribution in [0.2, 0.25) is 0 Å². The van der Waals surface area contributed by atoms with Gasteiger partial charge in [0.25, 0.3) is 0 Å². The van der Waals surface area contributed by atoms with Gasteiger partial charge in [0.05, 0.1) is 4.47 Å². The second-order valence-corrected chi connectivity index (χ2v) is 5.77. The van der Waals surface area contributed by atoms with E-state index in [9.17, 15) is 4.39 Å². The van der Waals surface area contributed by atoms with Crippen molar-refractivity contribution in [2.45, 2.75) is 13.1 Å². The molecule has 0 spiro atoms. The van der Waals surface area contributed by atoms with E-state index in [1.165, 1.54) is 11.6 Å². The van der Waals surface area contributed by atoms with Crippen LogP contribution in [0.1, 0.15) is 11.1 Å². The van der Waals surface area contributed by atoms with E-state index in [2.05, 4.69) is 26.9 Å². The van der Waals surface area contributed by atoms with Crippen molar-refractivity contribution in [3.05, 3.63) is 63.9 Å². The van der Waals surface area contributed by atoms with Gasteiger partial charge >= 0.3 is 0 Å². The number of benzene rings is 2. The van der Waals surface area contributed by atoms with Crippen LogP contribution in [-0.4, -0.2) is 18.1 Å². The van der Waals surface area contributed by atoms with Gasteiger partial charge in [-0.25, -0.2) is 4.39 Å². The van der Waals surface area contributed by atoms with Crippen molar-refractivity contribution < 1.29 is 9.13 Å². The maximum Gasteiger partial charge on any atom is 0.137 e. The summed E-state index contributed by atoms with van der Waals surface area (Å²) < 4.78 is 19.5. The van der Waals surface area contributed by atoms with Crippen molar-refractivity contribution in [2.24, 2.45) is 0 Å². The van der Waals surface area contributed by atoms with Crippen molar-refractivity contribution in [1.82, 2.24) is 4.90 Å². The van der Waals surface area contributed by atoms with Gasteiger partial charge in [0.1, 0.15) is 18.2 Å². The summed E-state index contributed by atoms with van der Waals surface area (Å²) in [6, 6.07) is 13.3. The van der Waals surface area contributed by atoms with E-state index in [-0.39, 0.29) is 5.82 Å². The molecule has 2 nitrogen and oxygen atoms in total. The lowest BCUT2D eigenvalue weighted by Crippen LogP contribution is -2.25. The van der Waals surface area contributed by atoms with E-state index in [1.54, 1.807) is 0 Å². The third-order valence-electron chi connectivity index (χ3n) is 3.42. The van der Waals surface area contributed by atoms with Crippen LogP contribution in [-0.2, 0) is 13.1 Å². The molecule has 2 aromatic rings. The van der Waals surface area contributed by atoms with Crippen LogP contribution in [0.4, 0.5) is 4.39 Å². The molecule has 0 aromatic heterocycles. The van der Waals surface area contributed by atoms with Crippen molar-refractivity contribution in [3.63, 3.8) is 0 Å². The van der Waals surface area contributed by atoms with Crippen molar-refractivity contribution in [2.75, 3.05) is 13.2 Å². The zero-order chi connectivity index (χ0) is 13.9. The molecule has 104 valence electrons. The first-order chi connectivity index (χ1) is 9.72. The van der Waals surface area contributed by atoms with Crippen molar-refractivity contribution in [1.29, 1.82) is 0 Å². The average molecular weight is 336 g/mol. The van der Waals surface area contributed by atoms with Crippen LogP contribution in [0.5, 0.6) is 5.75 Å². The zero-order valence-electron chi connectivity index (χ0n) is 11.0. The number of nitrogens with zero attached hydrogens (tertiary/aromatic N) is 1. The fraction of sp³-hybridized carbons (Fsp3) is 0.250. The fourth-order valence-corrected chi connectivity index (χ4v) is 2.84. The molecule has 1 aliphatic heterocycles. The summed E-state index contributed by atoms with van der Waals surface area (Å²) in [5, 5.41) is 0. The minimum absolute atomic E-state index is 0.224. The first-order valence-corrected chi connectivity index (χ1v) is 7.38. The number of hydrogen-bond donors (Lipinski definition) is 0. The molecule has 3 rings (SSSR count). The van der Waals surface area contributed by atoms with Crippen molar-refractivity contribution >= 4 is 15.9 Å². The summed E-state index contributed by atoms with van der Waals surface area (Å²) in [5.41, 5.74) is 2.30. The summed E-state index contributed by atoms with van der Waals surface area (Å²) in [6.45, 7) is 3.19. The third-order valence-corrected chi connectivity index (χ3v) is 4.03. The Balaban J connectivity index is 1.76. The number of fused-ring (bicyclic) bond motifs is 1. The van der Waals surface area contributed by atoms with Gasteiger partial charge in [-0.3, -0.25) is 4.90 Å². The van der Waals surface area contributed by atoms with Crippen LogP contribution in [0.25, 0.3) is 0 Å². The molecular formula is C16H15BrFNO. The Morgan fingerprint density at radius 2 is 2.05 bits per heavy atom. The Kier molecular flexibility index (Phi) is 4.03. The van der Waals surface area contributed by atoms with Crippen LogP contribution >= 0.6 is 15.9 Å². The lowest BCUT2D eigenvalue weighted by Gasteiger charge is -2.19. The van der Waals surface area contributed by atoms with Crippen LogP contribution in [0.15, 0.2) is 46.9 Å². The molecule has 0 unspecified atom stereocenters. The molecule has 0 atom stereocenters. The Bertz CT molecular complexity index is 617. The molecule has 0 N–H and O–H groups in total. The molecule has 0 bridgehead atoms. The molecule has 0 amide bonds. The van der Waals surface area contributed by atoms with Gasteiger partial charge in [0.2, 0.25) is 0 Å². The summed E-state index contributed by atoms with van der Waals surface area (Å²) in [4.78, 5) is 2.31. The minimum atomic E-state index is -0.224. The summed E-state index contributed by atoms with van der Waals surface area (Å²) in [6.07, 6.45) is 0. The number of rotatable bonds is 2. The highest BCUT2D eigenvalue weighted by Gasteiger charge is 2.15. The van der Waals surface area contributed by atoms with Gasteiger partial charge in [-0.15, -0.1) is 0 Å². The maximum atomic E-state index is 13.3. The highest BCUT2D eigenvalue weighted by Crippen LogP contribution is 2.24. The van der Waals surface area contributed by atoms with Crippen LogP contribution in [0.3, 0.4) is 0 Å². The highest BCUT2D eigenvalue weighted by atomic mass is 79.9. The lowest BCUT2D eigenvalue weighted by molar-refractivity contribution is 0.219. The molecule has 0 radical (unpaired) electrons. The molecule has 0 aliphatic carbocycles. The van der Waals surface area contributed by atoms with Gasteiger partial charge in [-0.1, -0.05) is 24.3 Å². The molecule has 1 aliphatic rings. The number of para-hydroxylation sites is 1. The van der Waals surface area contributed by atoms with E-state index >= 15 is 0 Å². The molecule has 2 aromatic carbocycles. The molecule has 0 saturated carbocycles. The summed E-state index contributed by atoms with van der Waals surface area (Å²) in [7, 11) is 0. The fourth-order valence-electron chi connectivity index (χ4n) is 2.41. The second-order valence-electron chi connectivity index (χ2n) is 4.92. The van der Waals surface area contributed by atoms with Crippen LogP contribution < -0.4 is 4.74 Å². The number of hydrogen-bond acceptors (Lipinski definition) is 2. The van der Waals surface area contributed by atoms with E-state index in [0.29, 0.717) is 11.1 Å². The predicted octanol–water partition coefficient (Wildman–Crippen LogP) is 3.98. The quantitative estimate of drug-likeness (QED) is 0.822. The van der Waals surface area contributed by atoms with Gasteiger partial charge in [0, 0.05) is 25.2 Å². The Hall–Kier alpha value is -1.39. The van der Waals surface area contributed by atoms with E-state index in [1.807, 2.05) is 30.3 Å². The van der Waals surface area contributed by atoms with E-state index in [4.69, 9.17) is 4.74 Å².